The quantitative estimate of drug-likeness (QED) is 0.830. The van der Waals surface area contributed by atoms with Crippen molar-refractivity contribution in [1.29, 1.82) is 0 Å². The van der Waals surface area contributed by atoms with Crippen molar-refractivity contribution >= 4 is 17.3 Å². The molecule has 0 fully saturated rings. The van der Waals surface area contributed by atoms with Crippen molar-refractivity contribution in [2.75, 3.05) is 37.8 Å². The lowest BCUT2D eigenvalue weighted by Crippen LogP contribution is -2.31. The summed E-state index contributed by atoms with van der Waals surface area (Å²) in [7, 11) is 3.53. The topological polar surface area (TPSA) is 49.6 Å². The molecule has 19 heavy (non-hydrogen) atoms. The third-order valence-electron chi connectivity index (χ3n) is 2.97. The number of nitrogens with two attached hydrogens (primary N) is 1. The van der Waals surface area contributed by atoms with Crippen molar-refractivity contribution in [2.45, 2.75) is 20.8 Å². The van der Waals surface area contributed by atoms with Gasteiger partial charge in [-0.3, -0.25) is 4.79 Å². The van der Waals surface area contributed by atoms with Crippen LogP contribution in [0, 0.1) is 5.92 Å². The molecule has 4 nitrogen and oxygen atoms in total. The lowest BCUT2D eigenvalue weighted by atomic mass is 10.1. The monoisotopic (exact) mass is 263 g/mol. The number of nitrogens with zero attached hydrogens (tertiary/aromatic N) is 2. The number of amides is 1. The molecule has 0 aromatic heterocycles. The standard InChI is InChI=1S/C15H25N3O/c1-6-18(10-11(2)3)14-9-12(16)7-8-13(14)15(19)17(4)5/h7-9,11H,6,10,16H2,1-5H3. The van der Waals surface area contributed by atoms with E-state index in [0.29, 0.717) is 17.2 Å². The highest BCUT2D eigenvalue weighted by molar-refractivity contribution is 6.00. The first-order valence-corrected chi connectivity index (χ1v) is 6.72. The number of carbonyl (C=O) groups excluding carboxylic acids is 1. The van der Waals surface area contributed by atoms with Gasteiger partial charge in [-0.25, -0.2) is 0 Å². The van der Waals surface area contributed by atoms with Crippen molar-refractivity contribution in [3.8, 4) is 0 Å². The van der Waals surface area contributed by atoms with E-state index in [1.807, 2.05) is 12.1 Å². The summed E-state index contributed by atoms with van der Waals surface area (Å²) in [6.45, 7) is 8.20. The second-order valence-electron chi connectivity index (χ2n) is 5.41. The summed E-state index contributed by atoms with van der Waals surface area (Å²) in [5.41, 5.74) is 8.20. The Balaban J connectivity index is 3.22. The summed E-state index contributed by atoms with van der Waals surface area (Å²) in [5.74, 6) is 0.542. The van der Waals surface area contributed by atoms with E-state index < -0.39 is 0 Å². The van der Waals surface area contributed by atoms with Gasteiger partial charge in [-0.1, -0.05) is 13.8 Å². The molecule has 0 aliphatic heterocycles. The molecule has 0 spiro atoms. The van der Waals surface area contributed by atoms with Gasteiger partial charge < -0.3 is 15.5 Å². The van der Waals surface area contributed by atoms with Gasteiger partial charge in [0, 0.05) is 32.9 Å². The number of nitrogen functional groups attached to an aromatic ring is 1. The van der Waals surface area contributed by atoms with Crippen LogP contribution in [0.3, 0.4) is 0 Å². The van der Waals surface area contributed by atoms with Crippen LogP contribution in [-0.4, -0.2) is 38.0 Å². The highest BCUT2D eigenvalue weighted by Crippen LogP contribution is 2.25. The zero-order valence-electron chi connectivity index (χ0n) is 12.6. The van der Waals surface area contributed by atoms with Crippen LogP contribution in [0.15, 0.2) is 18.2 Å². The number of rotatable bonds is 5. The summed E-state index contributed by atoms with van der Waals surface area (Å²) < 4.78 is 0. The lowest BCUT2D eigenvalue weighted by molar-refractivity contribution is 0.0828. The normalized spacial score (nSPS) is 10.6. The molecule has 0 heterocycles. The minimum absolute atomic E-state index is 0.0113. The Morgan fingerprint density at radius 3 is 2.42 bits per heavy atom. The fourth-order valence-electron chi connectivity index (χ4n) is 2.07. The van der Waals surface area contributed by atoms with Gasteiger partial charge in [0.15, 0.2) is 0 Å². The summed E-state index contributed by atoms with van der Waals surface area (Å²) >= 11 is 0. The first-order valence-electron chi connectivity index (χ1n) is 6.72. The van der Waals surface area contributed by atoms with Crippen LogP contribution >= 0.6 is 0 Å². The molecule has 1 aromatic carbocycles. The summed E-state index contributed by atoms with van der Waals surface area (Å²) in [5, 5.41) is 0. The highest BCUT2D eigenvalue weighted by Gasteiger charge is 2.18. The Bertz CT molecular complexity index is 441. The maximum Gasteiger partial charge on any atom is 0.255 e. The second kappa shape index (κ2) is 6.45. The highest BCUT2D eigenvalue weighted by atomic mass is 16.2. The fraction of sp³-hybridized carbons (Fsp3) is 0.533. The first-order chi connectivity index (χ1) is 8.86. The van der Waals surface area contributed by atoms with Crippen molar-refractivity contribution < 1.29 is 4.79 Å². The van der Waals surface area contributed by atoms with Crippen molar-refractivity contribution in [1.82, 2.24) is 4.90 Å². The van der Waals surface area contributed by atoms with Gasteiger partial charge in [0.2, 0.25) is 0 Å². The average Bonchev–Trinajstić information content (AvgIpc) is 2.34. The van der Waals surface area contributed by atoms with Crippen LogP contribution in [-0.2, 0) is 0 Å². The van der Waals surface area contributed by atoms with E-state index in [2.05, 4.69) is 25.7 Å². The third kappa shape index (κ3) is 3.88. The molecule has 0 aliphatic carbocycles. The molecule has 4 heteroatoms. The van der Waals surface area contributed by atoms with E-state index in [4.69, 9.17) is 5.73 Å². The Morgan fingerprint density at radius 2 is 1.95 bits per heavy atom. The Labute approximate surface area is 116 Å². The maximum atomic E-state index is 12.2. The summed E-state index contributed by atoms with van der Waals surface area (Å²) in [6, 6.07) is 5.49. The Hall–Kier alpha value is -1.71. The molecule has 0 radical (unpaired) electrons. The molecule has 1 amide bonds. The molecule has 1 aromatic rings. The van der Waals surface area contributed by atoms with E-state index in [9.17, 15) is 4.79 Å². The van der Waals surface area contributed by atoms with Gasteiger partial charge in [0.25, 0.3) is 5.91 Å². The zero-order chi connectivity index (χ0) is 14.6. The van der Waals surface area contributed by atoms with Crippen molar-refractivity contribution in [3.63, 3.8) is 0 Å². The largest absolute Gasteiger partial charge is 0.399 e. The summed E-state index contributed by atoms with van der Waals surface area (Å²) in [6.07, 6.45) is 0. The van der Waals surface area contributed by atoms with Crippen LogP contribution in [0.5, 0.6) is 0 Å². The smallest absolute Gasteiger partial charge is 0.255 e. The van der Waals surface area contributed by atoms with Crippen LogP contribution in [0.4, 0.5) is 11.4 Å². The Kier molecular flexibility index (Phi) is 5.21. The lowest BCUT2D eigenvalue weighted by Gasteiger charge is -2.28. The van der Waals surface area contributed by atoms with Gasteiger partial charge >= 0.3 is 0 Å². The molecular weight excluding hydrogens is 238 g/mol. The van der Waals surface area contributed by atoms with Crippen LogP contribution < -0.4 is 10.6 Å². The van der Waals surface area contributed by atoms with E-state index >= 15 is 0 Å². The number of hydrogen-bond acceptors (Lipinski definition) is 3. The Morgan fingerprint density at radius 1 is 1.32 bits per heavy atom. The van der Waals surface area contributed by atoms with Gasteiger partial charge in [-0.2, -0.15) is 0 Å². The number of benzene rings is 1. The van der Waals surface area contributed by atoms with Crippen LogP contribution in [0.2, 0.25) is 0 Å². The minimum atomic E-state index is 0.0113. The minimum Gasteiger partial charge on any atom is -0.399 e. The second-order valence-corrected chi connectivity index (χ2v) is 5.41. The molecule has 0 bridgehead atoms. The van der Waals surface area contributed by atoms with Crippen molar-refractivity contribution in [2.24, 2.45) is 5.92 Å². The fourth-order valence-corrected chi connectivity index (χ4v) is 2.07. The van der Waals surface area contributed by atoms with Crippen molar-refractivity contribution in [3.05, 3.63) is 23.8 Å². The molecule has 0 saturated carbocycles. The molecule has 106 valence electrons. The van der Waals surface area contributed by atoms with E-state index in [1.165, 1.54) is 0 Å². The van der Waals surface area contributed by atoms with Gasteiger partial charge in [0.05, 0.1) is 11.3 Å². The average molecular weight is 263 g/mol. The third-order valence-corrected chi connectivity index (χ3v) is 2.97. The zero-order valence-corrected chi connectivity index (χ0v) is 12.6. The SMILES string of the molecule is CCN(CC(C)C)c1cc(N)ccc1C(=O)N(C)C. The predicted octanol–water partition coefficient (Wildman–Crippen LogP) is 2.45. The number of hydrogen-bond donors (Lipinski definition) is 1. The van der Waals surface area contributed by atoms with Crippen LogP contribution in [0.25, 0.3) is 0 Å². The molecule has 1 rings (SSSR count). The van der Waals surface area contributed by atoms with E-state index in [-0.39, 0.29) is 5.91 Å². The van der Waals surface area contributed by atoms with E-state index in [1.54, 1.807) is 25.1 Å². The maximum absolute atomic E-state index is 12.2. The number of anilines is 2. The van der Waals surface area contributed by atoms with Gasteiger partial charge in [0.1, 0.15) is 0 Å². The molecule has 0 unspecified atom stereocenters. The van der Waals surface area contributed by atoms with Crippen LogP contribution in [0.1, 0.15) is 31.1 Å². The molecule has 0 atom stereocenters. The first kappa shape index (κ1) is 15.3. The molecule has 2 N–H and O–H groups in total. The molecular formula is C15H25N3O. The summed E-state index contributed by atoms with van der Waals surface area (Å²) in [4.78, 5) is 16.0. The van der Waals surface area contributed by atoms with E-state index in [0.717, 1.165) is 18.8 Å². The predicted molar refractivity (Wildman–Crippen MR) is 81.6 cm³/mol. The number of carbonyl (C=O) groups is 1. The molecule has 0 saturated heterocycles. The van der Waals surface area contributed by atoms with Gasteiger partial charge in [-0.05, 0) is 31.0 Å². The van der Waals surface area contributed by atoms with Gasteiger partial charge in [-0.15, -0.1) is 0 Å². The molecule has 0 aliphatic rings.